The maximum Gasteiger partial charge on any atom is 0.131 e. The van der Waals surface area contributed by atoms with Crippen molar-refractivity contribution in [3.63, 3.8) is 0 Å². The minimum atomic E-state index is -0.598. The summed E-state index contributed by atoms with van der Waals surface area (Å²) in [4.78, 5) is 9.90. The monoisotopic (exact) mass is 391 g/mol. The lowest BCUT2D eigenvalue weighted by molar-refractivity contribution is -0.0960. The van der Waals surface area contributed by atoms with Gasteiger partial charge in [-0.1, -0.05) is 6.42 Å². The highest BCUT2D eigenvalue weighted by Crippen LogP contribution is 2.44. The third kappa shape index (κ3) is 3.73. The first-order chi connectivity index (χ1) is 10.6. The number of likely N-dealkylation sites (tertiary alicyclic amines) is 1. The highest BCUT2D eigenvalue weighted by molar-refractivity contribution is 5.85. The van der Waals surface area contributed by atoms with Crippen LogP contribution in [0.3, 0.4) is 0 Å². The van der Waals surface area contributed by atoms with Gasteiger partial charge in [-0.15, -0.1) is 24.8 Å². The van der Waals surface area contributed by atoms with Gasteiger partial charge >= 0.3 is 0 Å². The van der Waals surface area contributed by atoms with Gasteiger partial charge in [0.1, 0.15) is 17.5 Å². The topological polar surface area (TPSA) is 92.9 Å². The van der Waals surface area contributed by atoms with Crippen LogP contribution in [0.2, 0.25) is 0 Å². The van der Waals surface area contributed by atoms with Crippen molar-refractivity contribution in [2.45, 2.75) is 50.9 Å². The summed E-state index contributed by atoms with van der Waals surface area (Å²) >= 11 is 0. The summed E-state index contributed by atoms with van der Waals surface area (Å²) in [5.41, 5.74) is 2.38. The average Bonchev–Trinajstić information content (AvgIpc) is 2.94. The van der Waals surface area contributed by atoms with E-state index in [1.165, 1.54) is 19.3 Å². The van der Waals surface area contributed by atoms with E-state index >= 15 is 0 Å². The molecule has 2 atom stereocenters. The standard InChI is InChI=1S/C17H23N3O2.2ClH.H2O/c1-17(2)16(21)15(20-6-4-3-5-7-20)11-8-12-13(19-10-18-12)9-14(11)22-17;;;/h8-10,15-16,21H,3-7H2,1-2H3,(H,18,19);2*1H;1H2/t15-,16+;;;/m1.../s1. The highest BCUT2D eigenvalue weighted by Gasteiger charge is 2.45. The second kappa shape index (κ2) is 8.10. The maximum atomic E-state index is 10.9. The van der Waals surface area contributed by atoms with Crippen LogP contribution in [-0.4, -0.2) is 50.2 Å². The SMILES string of the molecule is CC1(C)Oc2cc3nc[nH]c3cc2[C@@H](N2CCCCC2)[C@@H]1O.Cl.Cl.O. The van der Waals surface area contributed by atoms with Crippen molar-refractivity contribution in [1.82, 2.24) is 14.9 Å². The van der Waals surface area contributed by atoms with Gasteiger partial charge in [0.15, 0.2) is 0 Å². The van der Waals surface area contributed by atoms with Crippen molar-refractivity contribution in [3.8, 4) is 5.75 Å². The molecule has 0 spiro atoms. The van der Waals surface area contributed by atoms with Crippen LogP contribution < -0.4 is 4.74 Å². The molecule has 3 heterocycles. The third-order valence-electron chi connectivity index (χ3n) is 5.04. The molecule has 2 aliphatic rings. The van der Waals surface area contributed by atoms with Crippen molar-refractivity contribution in [2.24, 2.45) is 0 Å². The number of H-pyrrole nitrogens is 1. The highest BCUT2D eigenvalue weighted by atomic mass is 35.5. The first kappa shape index (κ1) is 22.0. The van der Waals surface area contributed by atoms with Crippen molar-refractivity contribution in [1.29, 1.82) is 0 Å². The Labute approximate surface area is 160 Å². The van der Waals surface area contributed by atoms with Crippen LogP contribution in [0.5, 0.6) is 5.75 Å². The van der Waals surface area contributed by atoms with Gasteiger partial charge in [-0.25, -0.2) is 4.98 Å². The number of aliphatic hydroxyl groups is 1. The number of aromatic nitrogens is 2. The van der Waals surface area contributed by atoms with Crippen LogP contribution in [0.15, 0.2) is 18.5 Å². The zero-order valence-corrected chi connectivity index (χ0v) is 16.1. The molecule has 25 heavy (non-hydrogen) atoms. The number of nitrogens with zero attached hydrogens (tertiary/aromatic N) is 2. The number of benzene rings is 1. The van der Waals surface area contributed by atoms with Gasteiger partial charge < -0.3 is 20.3 Å². The number of piperidine rings is 1. The Balaban J connectivity index is 0.00000104. The summed E-state index contributed by atoms with van der Waals surface area (Å²) in [6.45, 7) is 6.01. The van der Waals surface area contributed by atoms with Crippen molar-refractivity contribution in [2.75, 3.05) is 13.1 Å². The molecule has 4 rings (SSSR count). The smallest absolute Gasteiger partial charge is 0.131 e. The number of imidazole rings is 1. The largest absolute Gasteiger partial charge is 0.485 e. The molecule has 2 aliphatic heterocycles. The Bertz CT molecular complexity index is 702. The van der Waals surface area contributed by atoms with Crippen LogP contribution in [-0.2, 0) is 0 Å². The molecule has 6 nitrogen and oxygen atoms in total. The fourth-order valence-corrected chi connectivity index (χ4v) is 3.79. The molecule has 2 aromatic rings. The summed E-state index contributed by atoms with van der Waals surface area (Å²) in [7, 11) is 0. The third-order valence-corrected chi connectivity index (χ3v) is 5.04. The number of rotatable bonds is 1. The molecular formula is C17H27Cl2N3O3. The van der Waals surface area contributed by atoms with Gasteiger partial charge in [-0.2, -0.15) is 0 Å². The number of fused-ring (bicyclic) bond motifs is 2. The Kier molecular flexibility index (Phi) is 7.12. The summed E-state index contributed by atoms with van der Waals surface area (Å²) in [5, 5.41) is 10.9. The van der Waals surface area contributed by atoms with E-state index in [-0.39, 0.29) is 36.3 Å². The average molecular weight is 392 g/mol. The van der Waals surface area contributed by atoms with Crippen LogP contribution in [0.1, 0.15) is 44.7 Å². The number of hydrogen-bond acceptors (Lipinski definition) is 4. The molecule has 0 saturated carbocycles. The van der Waals surface area contributed by atoms with Gasteiger partial charge in [0.2, 0.25) is 0 Å². The molecule has 0 radical (unpaired) electrons. The number of hydrogen-bond donors (Lipinski definition) is 2. The quantitative estimate of drug-likeness (QED) is 0.780. The van der Waals surface area contributed by atoms with Gasteiger partial charge in [0.05, 0.1) is 23.4 Å². The number of nitrogens with one attached hydrogen (secondary N) is 1. The van der Waals surface area contributed by atoms with E-state index in [9.17, 15) is 5.11 Å². The molecule has 0 aliphatic carbocycles. The minimum absolute atomic E-state index is 0. The van der Waals surface area contributed by atoms with Crippen molar-refractivity contribution in [3.05, 3.63) is 24.0 Å². The Hall–Kier alpha value is -1.05. The molecule has 0 unspecified atom stereocenters. The number of ether oxygens (including phenoxy) is 1. The van der Waals surface area contributed by atoms with Gasteiger partial charge in [0.25, 0.3) is 0 Å². The summed E-state index contributed by atoms with van der Waals surface area (Å²) in [6, 6.07) is 4.08. The predicted molar refractivity (Wildman–Crippen MR) is 103 cm³/mol. The van der Waals surface area contributed by atoms with Gasteiger partial charge in [0, 0.05) is 11.6 Å². The maximum absolute atomic E-state index is 10.9. The molecule has 0 bridgehead atoms. The van der Waals surface area contributed by atoms with E-state index in [2.05, 4.69) is 20.9 Å². The Morgan fingerprint density at radius 1 is 1.20 bits per heavy atom. The Morgan fingerprint density at radius 2 is 1.88 bits per heavy atom. The fraction of sp³-hybridized carbons (Fsp3) is 0.588. The second-order valence-electron chi connectivity index (χ2n) is 7.00. The molecule has 1 saturated heterocycles. The van der Waals surface area contributed by atoms with Gasteiger partial charge in [-0.05, 0) is 45.8 Å². The number of aromatic amines is 1. The van der Waals surface area contributed by atoms with Crippen LogP contribution in [0.25, 0.3) is 11.0 Å². The molecule has 4 N–H and O–H groups in total. The Morgan fingerprint density at radius 3 is 2.56 bits per heavy atom. The van der Waals surface area contributed by atoms with Crippen LogP contribution in [0.4, 0.5) is 0 Å². The van der Waals surface area contributed by atoms with Crippen molar-refractivity contribution < 1.29 is 15.3 Å². The van der Waals surface area contributed by atoms with E-state index in [4.69, 9.17) is 4.74 Å². The second-order valence-corrected chi connectivity index (χ2v) is 7.00. The van der Waals surface area contributed by atoms with Gasteiger partial charge in [-0.3, -0.25) is 4.90 Å². The number of aliphatic hydroxyl groups excluding tert-OH is 1. The molecule has 8 heteroatoms. The first-order valence-electron chi connectivity index (χ1n) is 8.14. The predicted octanol–water partition coefficient (Wildman–Crippen LogP) is 2.64. The lowest BCUT2D eigenvalue weighted by atomic mass is 9.84. The normalized spacial score (nSPS) is 24.9. The first-order valence-corrected chi connectivity index (χ1v) is 8.14. The van der Waals surface area contributed by atoms with E-state index < -0.39 is 11.7 Å². The molecule has 1 fully saturated rings. The lowest BCUT2D eigenvalue weighted by Crippen LogP contribution is -2.54. The minimum Gasteiger partial charge on any atom is -0.485 e. The molecule has 142 valence electrons. The zero-order chi connectivity index (χ0) is 15.3. The molecular weight excluding hydrogens is 365 g/mol. The molecule has 1 aromatic heterocycles. The van der Waals surface area contributed by atoms with Crippen molar-refractivity contribution >= 4 is 35.8 Å². The fourth-order valence-electron chi connectivity index (χ4n) is 3.79. The lowest BCUT2D eigenvalue weighted by Gasteiger charge is -2.47. The molecule has 1 aromatic carbocycles. The van der Waals surface area contributed by atoms with E-state index in [0.717, 1.165) is 35.4 Å². The molecule has 0 amide bonds. The van der Waals surface area contributed by atoms with E-state index in [1.54, 1.807) is 6.33 Å². The summed E-state index contributed by atoms with van der Waals surface area (Å²) in [5.74, 6) is 0.852. The zero-order valence-electron chi connectivity index (χ0n) is 14.5. The number of halogens is 2. The summed E-state index contributed by atoms with van der Waals surface area (Å²) < 4.78 is 6.10. The van der Waals surface area contributed by atoms with Crippen LogP contribution in [0, 0.1) is 0 Å². The summed E-state index contributed by atoms with van der Waals surface area (Å²) in [6.07, 6.45) is 4.84. The van der Waals surface area contributed by atoms with Crippen LogP contribution >= 0.6 is 24.8 Å². The van der Waals surface area contributed by atoms with E-state index in [0.29, 0.717) is 0 Å². The van der Waals surface area contributed by atoms with E-state index in [1.807, 2.05) is 19.9 Å².